The number of nitrogens with zero attached hydrogens (tertiary/aromatic N) is 2. The zero-order valence-electron chi connectivity index (χ0n) is 18.3. The molecule has 0 N–H and O–H groups in total. The number of rotatable bonds is 6. The number of ether oxygens (including phenoxy) is 1. The summed E-state index contributed by atoms with van der Waals surface area (Å²) in [6.45, 7) is 10.4. The summed E-state index contributed by atoms with van der Waals surface area (Å²) in [5.74, 6) is 1.45. The normalized spacial score (nSPS) is 18.2. The molecule has 1 aromatic rings. The third kappa shape index (κ3) is 5.97. The maximum atomic E-state index is 12.5. The highest BCUT2D eigenvalue weighted by Gasteiger charge is 2.30. The lowest BCUT2D eigenvalue weighted by molar-refractivity contribution is -0.140. The SMILES string of the molecule is CC(C)(C)c1ccc(OCCCC(=O)N2CCC(C(=O)N3CCCC3)CC2)cc1. The van der Waals surface area contributed by atoms with E-state index in [1.165, 1.54) is 5.56 Å². The minimum atomic E-state index is 0.108. The monoisotopic (exact) mass is 400 g/mol. The molecular weight excluding hydrogens is 364 g/mol. The van der Waals surface area contributed by atoms with E-state index in [0.717, 1.165) is 44.5 Å². The van der Waals surface area contributed by atoms with Crippen molar-refractivity contribution in [1.82, 2.24) is 9.80 Å². The van der Waals surface area contributed by atoms with Crippen molar-refractivity contribution in [2.45, 2.75) is 64.7 Å². The van der Waals surface area contributed by atoms with Crippen LogP contribution < -0.4 is 4.74 Å². The molecule has 29 heavy (non-hydrogen) atoms. The summed E-state index contributed by atoms with van der Waals surface area (Å²) in [5, 5.41) is 0. The van der Waals surface area contributed by atoms with Gasteiger partial charge in [0.1, 0.15) is 5.75 Å². The van der Waals surface area contributed by atoms with Crippen molar-refractivity contribution in [2.24, 2.45) is 5.92 Å². The van der Waals surface area contributed by atoms with Gasteiger partial charge in [-0.25, -0.2) is 0 Å². The molecule has 160 valence electrons. The van der Waals surface area contributed by atoms with Gasteiger partial charge in [-0.05, 0) is 55.2 Å². The molecule has 0 saturated carbocycles. The van der Waals surface area contributed by atoms with Crippen molar-refractivity contribution in [3.63, 3.8) is 0 Å². The fraction of sp³-hybridized carbons (Fsp3) is 0.667. The van der Waals surface area contributed by atoms with E-state index in [-0.39, 0.29) is 17.2 Å². The van der Waals surface area contributed by atoms with Gasteiger partial charge in [0.05, 0.1) is 6.61 Å². The number of piperidine rings is 1. The van der Waals surface area contributed by atoms with Gasteiger partial charge in [0, 0.05) is 38.5 Å². The topological polar surface area (TPSA) is 49.9 Å². The molecule has 2 heterocycles. The summed E-state index contributed by atoms with van der Waals surface area (Å²) in [6, 6.07) is 8.22. The number of hydrogen-bond donors (Lipinski definition) is 0. The summed E-state index contributed by atoms with van der Waals surface area (Å²) in [5.41, 5.74) is 1.42. The van der Waals surface area contributed by atoms with Gasteiger partial charge in [-0.1, -0.05) is 32.9 Å². The van der Waals surface area contributed by atoms with Crippen LogP contribution in [0.2, 0.25) is 0 Å². The average Bonchev–Trinajstić information content (AvgIpc) is 3.25. The number of hydrogen-bond acceptors (Lipinski definition) is 3. The van der Waals surface area contributed by atoms with Crippen LogP contribution in [0.1, 0.15) is 64.9 Å². The van der Waals surface area contributed by atoms with Crippen LogP contribution in [-0.2, 0) is 15.0 Å². The van der Waals surface area contributed by atoms with Crippen LogP contribution in [0.15, 0.2) is 24.3 Å². The van der Waals surface area contributed by atoms with Gasteiger partial charge in [0.2, 0.25) is 11.8 Å². The van der Waals surface area contributed by atoms with Gasteiger partial charge in [-0.3, -0.25) is 9.59 Å². The van der Waals surface area contributed by atoms with Gasteiger partial charge < -0.3 is 14.5 Å². The van der Waals surface area contributed by atoms with E-state index >= 15 is 0 Å². The van der Waals surface area contributed by atoms with Crippen LogP contribution in [-0.4, -0.2) is 54.4 Å². The predicted molar refractivity (Wildman–Crippen MR) is 115 cm³/mol. The minimum Gasteiger partial charge on any atom is -0.494 e. The highest BCUT2D eigenvalue weighted by Crippen LogP contribution is 2.25. The van der Waals surface area contributed by atoms with Crippen LogP contribution in [0.3, 0.4) is 0 Å². The second-order valence-corrected chi connectivity index (χ2v) is 9.41. The van der Waals surface area contributed by atoms with Crippen molar-refractivity contribution in [1.29, 1.82) is 0 Å². The standard InChI is InChI=1S/C24H36N2O3/c1-24(2,3)20-8-10-21(11-9-20)29-18-6-7-22(27)25-16-12-19(13-17-25)23(28)26-14-4-5-15-26/h8-11,19H,4-7,12-18H2,1-3H3. The van der Waals surface area contributed by atoms with Gasteiger partial charge in [0.15, 0.2) is 0 Å². The Labute approximate surface area is 175 Å². The Balaban J connectivity index is 1.33. The zero-order valence-corrected chi connectivity index (χ0v) is 18.3. The first kappa shape index (κ1) is 21.7. The quantitative estimate of drug-likeness (QED) is 0.678. The Morgan fingerprint density at radius 1 is 0.966 bits per heavy atom. The molecule has 0 radical (unpaired) electrons. The van der Waals surface area contributed by atoms with Crippen molar-refractivity contribution in [3.05, 3.63) is 29.8 Å². The zero-order chi connectivity index (χ0) is 20.9. The van der Waals surface area contributed by atoms with E-state index in [2.05, 4.69) is 32.9 Å². The van der Waals surface area contributed by atoms with Crippen molar-refractivity contribution in [3.8, 4) is 5.75 Å². The number of carbonyl (C=O) groups excluding carboxylic acids is 2. The van der Waals surface area contributed by atoms with Crippen molar-refractivity contribution < 1.29 is 14.3 Å². The first-order chi connectivity index (χ1) is 13.8. The third-order valence-corrected chi connectivity index (χ3v) is 6.14. The van der Waals surface area contributed by atoms with Crippen LogP contribution in [0.4, 0.5) is 0 Å². The molecule has 0 spiro atoms. The first-order valence-corrected chi connectivity index (χ1v) is 11.1. The van der Waals surface area contributed by atoms with Crippen molar-refractivity contribution in [2.75, 3.05) is 32.8 Å². The Hall–Kier alpha value is -2.04. The second-order valence-electron chi connectivity index (χ2n) is 9.41. The Bertz CT molecular complexity index is 679. The molecule has 3 rings (SSSR count). The fourth-order valence-electron chi connectivity index (χ4n) is 4.19. The molecule has 0 atom stereocenters. The molecule has 2 amide bonds. The van der Waals surface area contributed by atoms with Crippen LogP contribution in [0.25, 0.3) is 0 Å². The Morgan fingerprint density at radius 2 is 1.59 bits per heavy atom. The molecule has 0 unspecified atom stereocenters. The van der Waals surface area contributed by atoms with Gasteiger partial charge in [0.25, 0.3) is 0 Å². The fourth-order valence-corrected chi connectivity index (χ4v) is 4.19. The molecule has 0 bridgehead atoms. The van der Waals surface area contributed by atoms with Gasteiger partial charge in [-0.2, -0.15) is 0 Å². The molecule has 0 aromatic heterocycles. The van der Waals surface area contributed by atoms with Gasteiger partial charge >= 0.3 is 0 Å². The highest BCUT2D eigenvalue weighted by atomic mass is 16.5. The second kappa shape index (κ2) is 9.64. The summed E-state index contributed by atoms with van der Waals surface area (Å²) in [7, 11) is 0. The molecule has 5 heteroatoms. The molecule has 1 aromatic carbocycles. The van der Waals surface area contributed by atoms with E-state index in [0.29, 0.717) is 38.4 Å². The lowest BCUT2D eigenvalue weighted by atomic mass is 9.87. The predicted octanol–water partition coefficient (Wildman–Crippen LogP) is 4.00. The molecule has 5 nitrogen and oxygen atoms in total. The van der Waals surface area contributed by atoms with E-state index in [1.54, 1.807) is 0 Å². The smallest absolute Gasteiger partial charge is 0.225 e. The van der Waals surface area contributed by atoms with E-state index < -0.39 is 0 Å². The van der Waals surface area contributed by atoms with Crippen molar-refractivity contribution >= 4 is 11.8 Å². The average molecular weight is 401 g/mol. The van der Waals surface area contributed by atoms with Crippen LogP contribution >= 0.6 is 0 Å². The summed E-state index contributed by atoms with van der Waals surface area (Å²) < 4.78 is 5.80. The first-order valence-electron chi connectivity index (χ1n) is 11.1. The van der Waals surface area contributed by atoms with E-state index in [4.69, 9.17) is 4.74 Å². The Morgan fingerprint density at radius 3 is 2.17 bits per heavy atom. The molecule has 2 aliphatic heterocycles. The van der Waals surface area contributed by atoms with Crippen LogP contribution in [0.5, 0.6) is 5.75 Å². The number of amides is 2. The number of carbonyl (C=O) groups is 2. The highest BCUT2D eigenvalue weighted by molar-refractivity contribution is 5.80. The molecule has 2 saturated heterocycles. The van der Waals surface area contributed by atoms with Crippen LogP contribution in [0, 0.1) is 5.92 Å². The largest absolute Gasteiger partial charge is 0.494 e. The lowest BCUT2D eigenvalue weighted by Crippen LogP contribution is -2.43. The van der Waals surface area contributed by atoms with E-state index in [1.807, 2.05) is 21.9 Å². The van der Waals surface area contributed by atoms with E-state index in [9.17, 15) is 9.59 Å². The number of benzene rings is 1. The molecule has 0 aliphatic carbocycles. The maximum Gasteiger partial charge on any atom is 0.225 e. The number of likely N-dealkylation sites (tertiary alicyclic amines) is 2. The lowest BCUT2D eigenvalue weighted by Gasteiger charge is -2.33. The summed E-state index contributed by atoms with van der Waals surface area (Å²) in [4.78, 5) is 28.9. The summed E-state index contributed by atoms with van der Waals surface area (Å²) in [6.07, 6.45) is 5.09. The molecule has 2 fully saturated rings. The third-order valence-electron chi connectivity index (χ3n) is 6.14. The molecular formula is C24H36N2O3. The summed E-state index contributed by atoms with van der Waals surface area (Å²) >= 11 is 0. The Kier molecular flexibility index (Phi) is 7.20. The molecule has 2 aliphatic rings. The minimum absolute atomic E-state index is 0.108. The maximum absolute atomic E-state index is 12.5. The van der Waals surface area contributed by atoms with Gasteiger partial charge in [-0.15, -0.1) is 0 Å².